The predicted molar refractivity (Wildman–Crippen MR) is 80.3 cm³/mol. The summed E-state index contributed by atoms with van der Waals surface area (Å²) >= 11 is 3.07. The van der Waals surface area contributed by atoms with Crippen molar-refractivity contribution in [3.8, 4) is 0 Å². The van der Waals surface area contributed by atoms with E-state index in [9.17, 15) is 4.79 Å². The van der Waals surface area contributed by atoms with Gasteiger partial charge in [-0.2, -0.15) is 0 Å². The highest BCUT2D eigenvalue weighted by Gasteiger charge is 2.14. The molecule has 5 heteroatoms. The van der Waals surface area contributed by atoms with Crippen LogP contribution >= 0.6 is 22.7 Å². The van der Waals surface area contributed by atoms with Gasteiger partial charge in [-0.25, -0.2) is 4.79 Å². The largest absolute Gasteiger partial charge is 0.477 e. The lowest BCUT2D eigenvalue weighted by Gasteiger charge is -2.13. The fraction of sp³-hybridized carbons (Fsp3) is 0.357. The number of hydrogen-bond acceptors (Lipinski definition) is 4. The van der Waals surface area contributed by atoms with E-state index in [1.54, 1.807) is 11.3 Å². The van der Waals surface area contributed by atoms with Gasteiger partial charge in [0.15, 0.2) is 0 Å². The molecule has 1 atom stereocenters. The first-order valence-electron chi connectivity index (χ1n) is 6.09. The van der Waals surface area contributed by atoms with Gasteiger partial charge in [-0.05, 0) is 49.4 Å². The highest BCUT2D eigenvalue weighted by molar-refractivity contribution is 7.12. The normalized spacial score (nSPS) is 12.6. The van der Waals surface area contributed by atoms with Crippen molar-refractivity contribution in [1.82, 2.24) is 5.32 Å². The van der Waals surface area contributed by atoms with Crippen molar-refractivity contribution in [3.63, 3.8) is 0 Å². The minimum absolute atomic E-state index is 0.228. The fourth-order valence-corrected chi connectivity index (χ4v) is 3.90. The van der Waals surface area contributed by atoms with Crippen molar-refractivity contribution in [2.75, 3.05) is 0 Å². The highest BCUT2D eigenvalue weighted by atomic mass is 32.1. The maximum absolute atomic E-state index is 11.0. The van der Waals surface area contributed by atoms with Crippen LogP contribution in [-0.4, -0.2) is 11.1 Å². The van der Waals surface area contributed by atoms with E-state index in [1.807, 2.05) is 11.4 Å². The summed E-state index contributed by atoms with van der Waals surface area (Å²) in [7, 11) is 0. The molecule has 1 unspecified atom stereocenters. The molecule has 0 amide bonds. The van der Waals surface area contributed by atoms with E-state index in [0.29, 0.717) is 11.4 Å². The molecule has 0 aliphatic heterocycles. The molecule has 0 radical (unpaired) electrons. The highest BCUT2D eigenvalue weighted by Crippen LogP contribution is 2.26. The van der Waals surface area contributed by atoms with E-state index in [2.05, 4.69) is 32.2 Å². The van der Waals surface area contributed by atoms with Gasteiger partial charge in [-0.3, -0.25) is 0 Å². The second kappa shape index (κ2) is 5.86. The minimum atomic E-state index is -0.845. The maximum atomic E-state index is 11.0. The summed E-state index contributed by atoms with van der Waals surface area (Å²) in [5, 5.41) is 14.3. The minimum Gasteiger partial charge on any atom is -0.477 e. The molecule has 2 aromatic rings. The molecule has 0 aliphatic rings. The quantitative estimate of drug-likeness (QED) is 0.877. The first-order valence-corrected chi connectivity index (χ1v) is 7.78. The Balaban J connectivity index is 2.04. The Labute approximate surface area is 120 Å². The summed E-state index contributed by atoms with van der Waals surface area (Å²) in [5.41, 5.74) is 2.16. The molecule has 19 heavy (non-hydrogen) atoms. The average Bonchev–Trinajstić information content (AvgIpc) is 2.92. The molecule has 0 spiro atoms. The number of carbonyl (C=O) groups is 1. The zero-order valence-electron chi connectivity index (χ0n) is 11.2. The van der Waals surface area contributed by atoms with Crippen molar-refractivity contribution < 1.29 is 9.90 Å². The molecule has 3 nitrogen and oxygen atoms in total. The lowest BCUT2D eigenvalue weighted by atomic mass is 10.1. The van der Waals surface area contributed by atoms with Gasteiger partial charge in [0.1, 0.15) is 4.88 Å². The van der Waals surface area contributed by atoms with E-state index in [4.69, 9.17) is 5.11 Å². The summed E-state index contributed by atoms with van der Waals surface area (Å²) in [6.45, 7) is 6.93. The lowest BCUT2D eigenvalue weighted by Crippen LogP contribution is -2.19. The second-order valence-corrected chi connectivity index (χ2v) is 6.93. The molecule has 2 rings (SSSR count). The van der Waals surface area contributed by atoms with Gasteiger partial charge in [0, 0.05) is 22.3 Å². The zero-order valence-corrected chi connectivity index (χ0v) is 12.8. The molecule has 2 heterocycles. The van der Waals surface area contributed by atoms with E-state index < -0.39 is 5.97 Å². The monoisotopic (exact) mass is 295 g/mol. The van der Waals surface area contributed by atoms with Gasteiger partial charge in [-0.1, -0.05) is 0 Å². The summed E-state index contributed by atoms with van der Waals surface area (Å²) in [5.74, 6) is -0.845. The van der Waals surface area contributed by atoms with Gasteiger partial charge >= 0.3 is 5.97 Å². The smallest absolute Gasteiger partial charge is 0.346 e. The van der Waals surface area contributed by atoms with E-state index in [-0.39, 0.29) is 6.04 Å². The third-order valence-electron chi connectivity index (χ3n) is 3.09. The molecular weight excluding hydrogens is 278 g/mol. The number of aryl methyl sites for hydroxylation is 2. The van der Waals surface area contributed by atoms with Crippen molar-refractivity contribution in [3.05, 3.63) is 43.3 Å². The van der Waals surface area contributed by atoms with Crippen LogP contribution in [0.25, 0.3) is 0 Å². The second-order valence-electron chi connectivity index (χ2n) is 4.55. The standard InChI is InChI=1S/C14H17NO2S2/c1-8-6-12(10(3)19-8)9(2)15-7-11-4-5-18-13(11)14(16)17/h4-6,9,15H,7H2,1-3H3,(H,16,17). The summed E-state index contributed by atoms with van der Waals surface area (Å²) in [6.07, 6.45) is 0. The molecule has 102 valence electrons. The van der Waals surface area contributed by atoms with E-state index in [0.717, 1.165) is 5.56 Å². The first kappa shape index (κ1) is 14.2. The summed E-state index contributed by atoms with van der Waals surface area (Å²) in [6, 6.07) is 4.30. The molecular formula is C14H17NO2S2. The number of nitrogens with one attached hydrogen (secondary N) is 1. The van der Waals surface area contributed by atoms with Gasteiger partial charge in [-0.15, -0.1) is 22.7 Å². The van der Waals surface area contributed by atoms with Gasteiger partial charge in [0.2, 0.25) is 0 Å². The summed E-state index contributed by atoms with van der Waals surface area (Å²) < 4.78 is 0. The van der Waals surface area contributed by atoms with Crippen LogP contribution in [0.15, 0.2) is 17.5 Å². The first-order chi connectivity index (χ1) is 8.99. The Morgan fingerprint density at radius 3 is 2.79 bits per heavy atom. The van der Waals surface area contributed by atoms with E-state index >= 15 is 0 Å². The molecule has 0 aromatic carbocycles. The number of hydrogen-bond donors (Lipinski definition) is 2. The molecule has 2 N–H and O–H groups in total. The number of aromatic carboxylic acids is 1. The number of rotatable bonds is 5. The Hall–Kier alpha value is -1.17. The molecule has 0 fully saturated rings. The topological polar surface area (TPSA) is 49.3 Å². The molecule has 0 saturated heterocycles. The Morgan fingerprint density at radius 1 is 1.47 bits per heavy atom. The van der Waals surface area contributed by atoms with Crippen molar-refractivity contribution in [2.24, 2.45) is 0 Å². The van der Waals surface area contributed by atoms with Gasteiger partial charge in [0.25, 0.3) is 0 Å². The van der Waals surface area contributed by atoms with Gasteiger partial charge < -0.3 is 10.4 Å². The van der Waals surface area contributed by atoms with Crippen molar-refractivity contribution >= 4 is 28.6 Å². The van der Waals surface area contributed by atoms with Crippen molar-refractivity contribution in [2.45, 2.75) is 33.4 Å². The van der Waals surface area contributed by atoms with Crippen LogP contribution < -0.4 is 5.32 Å². The third-order valence-corrected chi connectivity index (χ3v) is 5.01. The fourth-order valence-electron chi connectivity index (χ4n) is 2.12. The van der Waals surface area contributed by atoms with Crippen LogP contribution in [0.2, 0.25) is 0 Å². The number of carboxylic acids is 1. The third kappa shape index (κ3) is 3.23. The van der Waals surface area contributed by atoms with Crippen LogP contribution in [-0.2, 0) is 6.54 Å². The SMILES string of the molecule is Cc1cc(C(C)NCc2ccsc2C(=O)O)c(C)s1. The van der Waals surface area contributed by atoms with Crippen LogP contribution in [0.5, 0.6) is 0 Å². The predicted octanol–water partition coefficient (Wildman–Crippen LogP) is 3.98. The lowest BCUT2D eigenvalue weighted by molar-refractivity contribution is 0.0701. The van der Waals surface area contributed by atoms with Crippen molar-refractivity contribution in [1.29, 1.82) is 0 Å². The van der Waals surface area contributed by atoms with Gasteiger partial charge in [0.05, 0.1) is 0 Å². The van der Waals surface area contributed by atoms with Crippen LogP contribution in [0, 0.1) is 13.8 Å². The van der Waals surface area contributed by atoms with Crippen LogP contribution in [0.4, 0.5) is 0 Å². The molecule has 2 aromatic heterocycles. The number of thiophene rings is 2. The zero-order chi connectivity index (χ0) is 14.0. The average molecular weight is 295 g/mol. The van der Waals surface area contributed by atoms with Crippen LogP contribution in [0.3, 0.4) is 0 Å². The Kier molecular flexibility index (Phi) is 4.39. The summed E-state index contributed by atoms with van der Waals surface area (Å²) in [4.78, 5) is 14.1. The molecule has 0 saturated carbocycles. The Bertz CT molecular complexity index is 586. The molecule has 0 aliphatic carbocycles. The maximum Gasteiger partial charge on any atom is 0.346 e. The van der Waals surface area contributed by atoms with E-state index in [1.165, 1.54) is 26.7 Å². The molecule has 0 bridgehead atoms. The Morgan fingerprint density at radius 2 is 2.21 bits per heavy atom. The number of carboxylic acid groups (broad SMARTS) is 1. The van der Waals surface area contributed by atoms with Crippen LogP contribution in [0.1, 0.15) is 43.5 Å².